The zero-order valence-electron chi connectivity index (χ0n) is 7.73. The maximum atomic E-state index is 9.32. The lowest BCUT2D eigenvalue weighted by Gasteiger charge is -2.02. The summed E-state index contributed by atoms with van der Waals surface area (Å²) in [5, 5.41) is 18.2. The number of aliphatic hydroxyl groups excluding tert-OH is 1. The van der Waals surface area contributed by atoms with E-state index in [0.717, 1.165) is 6.42 Å². The molecule has 0 aromatic carbocycles. The Kier molecular flexibility index (Phi) is 4.24. The second-order valence-corrected chi connectivity index (χ2v) is 4.47. The standard InChI is InChI=1S/C8H12N2O2S2/c1-2-5(4-11)9-3-6-7(12)10-8(13)14-6/h3,5,11-12H,2,4H2,1H3,(H,10,13)/t5-/m1/s1. The van der Waals surface area contributed by atoms with Gasteiger partial charge in [-0.2, -0.15) is 0 Å². The third-order valence-electron chi connectivity index (χ3n) is 1.74. The summed E-state index contributed by atoms with van der Waals surface area (Å²) in [5.74, 6) is 0.0385. The molecule has 0 aliphatic heterocycles. The zero-order valence-corrected chi connectivity index (χ0v) is 9.36. The van der Waals surface area contributed by atoms with Gasteiger partial charge in [0, 0.05) is 6.21 Å². The van der Waals surface area contributed by atoms with Crippen LogP contribution in [0.2, 0.25) is 0 Å². The van der Waals surface area contributed by atoms with E-state index in [4.69, 9.17) is 17.3 Å². The first kappa shape index (κ1) is 11.4. The molecule has 1 aromatic rings. The van der Waals surface area contributed by atoms with Crippen LogP contribution < -0.4 is 0 Å². The molecule has 0 radical (unpaired) electrons. The molecule has 6 heteroatoms. The van der Waals surface area contributed by atoms with Crippen molar-refractivity contribution in [1.82, 2.24) is 4.98 Å². The van der Waals surface area contributed by atoms with Gasteiger partial charge in [-0.3, -0.25) is 4.99 Å². The van der Waals surface area contributed by atoms with Crippen molar-refractivity contribution in [2.45, 2.75) is 19.4 Å². The molecule has 1 atom stereocenters. The fourth-order valence-electron chi connectivity index (χ4n) is 0.874. The van der Waals surface area contributed by atoms with Crippen LogP contribution in [0.1, 0.15) is 18.2 Å². The van der Waals surface area contributed by atoms with Crippen LogP contribution in [0.15, 0.2) is 4.99 Å². The van der Waals surface area contributed by atoms with Gasteiger partial charge in [-0.25, -0.2) is 0 Å². The summed E-state index contributed by atoms with van der Waals surface area (Å²) in [7, 11) is 0. The highest BCUT2D eigenvalue weighted by Crippen LogP contribution is 2.18. The summed E-state index contributed by atoms with van der Waals surface area (Å²) < 4.78 is 0.515. The van der Waals surface area contributed by atoms with Crippen LogP contribution in [0.3, 0.4) is 0 Å². The molecule has 1 rings (SSSR count). The molecular formula is C8H12N2O2S2. The van der Waals surface area contributed by atoms with Crippen molar-refractivity contribution in [3.63, 3.8) is 0 Å². The Hall–Kier alpha value is -0.720. The summed E-state index contributed by atoms with van der Waals surface area (Å²) in [6.07, 6.45) is 2.31. The monoisotopic (exact) mass is 232 g/mol. The summed E-state index contributed by atoms with van der Waals surface area (Å²) in [6, 6.07) is -0.106. The highest BCUT2D eigenvalue weighted by Gasteiger charge is 2.03. The van der Waals surface area contributed by atoms with Gasteiger partial charge in [-0.1, -0.05) is 18.3 Å². The quantitative estimate of drug-likeness (QED) is 0.546. The molecule has 3 N–H and O–H groups in total. The molecule has 4 nitrogen and oxygen atoms in total. The summed E-state index contributed by atoms with van der Waals surface area (Å²) in [5.41, 5.74) is 0. The molecule has 0 saturated carbocycles. The Morgan fingerprint density at radius 3 is 2.86 bits per heavy atom. The van der Waals surface area contributed by atoms with E-state index in [-0.39, 0.29) is 18.5 Å². The molecule has 78 valence electrons. The Bertz CT molecular complexity index is 366. The van der Waals surface area contributed by atoms with Crippen molar-refractivity contribution in [2.24, 2.45) is 4.99 Å². The van der Waals surface area contributed by atoms with Gasteiger partial charge in [0.05, 0.1) is 12.6 Å². The molecule has 0 fully saturated rings. The van der Waals surface area contributed by atoms with Crippen molar-refractivity contribution >= 4 is 29.8 Å². The zero-order chi connectivity index (χ0) is 10.6. The molecule has 14 heavy (non-hydrogen) atoms. The van der Waals surface area contributed by atoms with Gasteiger partial charge in [-0.05, 0) is 18.6 Å². The first-order valence-corrected chi connectivity index (χ1v) is 5.46. The number of aromatic amines is 1. The van der Waals surface area contributed by atoms with Crippen LogP contribution in [0.5, 0.6) is 5.88 Å². The predicted molar refractivity (Wildman–Crippen MR) is 59.9 cm³/mol. The number of aliphatic hydroxyl groups is 1. The second kappa shape index (κ2) is 5.23. The van der Waals surface area contributed by atoms with Crippen LogP contribution >= 0.6 is 23.6 Å². The van der Waals surface area contributed by atoms with Gasteiger partial charge < -0.3 is 15.2 Å². The number of hydrogen-bond donors (Lipinski definition) is 3. The number of aliphatic imine (C=N–C) groups is 1. The van der Waals surface area contributed by atoms with E-state index in [1.54, 1.807) is 0 Å². The molecule has 0 saturated heterocycles. The molecule has 0 bridgehead atoms. The Labute approximate surface area is 91.0 Å². The number of hydrogen-bond acceptors (Lipinski definition) is 5. The van der Waals surface area contributed by atoms with Crippen LogP contribution in [0.25, 0.3) is 0 Å². The van der Waals surface area contributed by atoms with Crippen molar-refractivity contribution in [2.75, 3.05) is 6.61 Å². The Morgan fingerprint density at radius 1 is 1.71 bits per heavy atom. The minimum Gasteiger partial charge on any atom is -0.494 e. The average molecular weight is 232 g/mol. The van der Waals surface area contributed by atoms with E-state index in [2.05, 4.69) is 9.98 Å². The largest absolute Gasteiger partial charge is 0.494 e. The SMILES string of the molecule is CC[C@H](CO)N=Cc1sc(=S)[nH]c1O. The molecule has 0 spiro atoms. The van der Waals surface area contributed by atoms with Gasteiger partial charge in [-0.15, -0.1) is 0 Å². The maximum absolute atomic E-state index is 9.32. The van der Waals surface area contributed by atoms with Gasteiger partial charge in [0.15, 0.2) is 3.95 Å². The minimum absolute atomic E-state index is 0.0174. The number of aromatic hydroxyl groups is 1. The molecular weight excluding hydrogens is 220 g/mol. The molecule has 0 amide bonds. The number of H-pyrrole nitrogens is 1. The van der Waals surface area contributed by atoms with E-state index < -0.39 is 0 Å². The van der Waals surface area contributed by atoms with Crippen LogP contribution in [0, 0.1) is 3.95 Å². The first-order chi connectivity index (χ1) is 6.67. The van der Waals surface area contributed by atoms with Crippen molar-refractivity contribution in [3.8, 4) is 5.88 Å². The third kappa shape index (κ3) is 2.90. The summed E-state index contributed by atoms with van der Waals surface area (Å²) >= 11 is 6.10. The van der Waals surface area contributed by atoms with E-state index in [1.165, 1.54) is 17.6 Å². The lowest BCUT2D eigenvalue weighted by molar-refractivity contribution is 0.264. The molecule has 1 aromatic heterocycles. The molecule has 1 heterocycles. The molecule has 0 unspecified atom stereocenters. The topological polar surface area (TPSA) is 68.6 Å². The van der Waals surface area contributed by atoms with Crippen molar-refractivity contribution < 1.29 is 10.2 Å². The molecule has 0 aliphatic rings. The Morgan fingerprint density at radius 2 is 2.43 bits per heavy atom. The number of thiazole rings is 1. The van der Waals surface area contributed by atoms with E-state index in [9.17, 15) is 5.11 Å². The fraction of sp³-hybridized carbons (Fsp3) is 0.500. The highest BCUT2D eigenvalue weighted by molar-refractivity contribution is 7.73. The van der Waals surface area contributed by atoms with Crippen LogP contribution in [0.4, 0.5) is 0 Å². The van der Waals surface area contributed by atoms with Crippen molar-refractivity contribution in [1.29, 1.82) is 0 Å². The number of rotatable bonds is 4. The number of nitrogens with zero attached hydrogens (tertiary/aromatic N) is 1. The number of aromatic nitrogens is 1. The first-order valence-electron chi connectivity index (χ1n) is 4.23. The predicted octanol–water partition coefficient (Wildman–Crippen LogP) is 1.70. The lowest BCUT2D eigenvalue weighted by Crippen LogP contribution is -2.08. The minimum atomic E-state index is -0.106. The lowest BCUT2D eigenvalue weighted by atomic mass is 10.2. The number of nitrogens with one attached hydrogen (secondary N) is 1. The second-order valence-electron chi connectivity index (χ2n) is 2.75. The Balaban J connectivity index is 2.77. The summed E-state index contributed by atoms with van der Waals surface area (Å²) in [4.78, 5) is 7.32. The van der Waals surface area contributed by atoms with Gasteiger partial charge >= 0.3 is 0 Å². The fourth-order valence-corrected chi connectivity index (χ4v) is 1.85. The molecule has 0 aliphatic carbocycles. The van der Waals surface area contributed by atoms with Crippen LogP contribution in [-0.2, 0) is 0 Å². The van der Waals surface area contributed by atoms with E-state index in [1.807, 2.05) is 6.92 Å². The highest BCUT2D eigenvalue weighted by atomic mass is 32.1. The van der Waals surface area contributed by atoms with Gasteiger partial charge in [0.1, 0.15) is 4.88 Å². The van der Waals surface area contributed by atoms with Gasteiger partial charge in [0.25, 0.3) is 0 Å². The summed E-state index contributed by atoms with van der Waals surface area (Å²) in [6.45, 7) is 1.96. The van der Waals surface area contributed by atoms with E-state index >= 15 is 0 Å². The van der Waals surface area contributed by atoms with E-state index in [0.29, 0.717) is 8.83 Å². The van der Waals surface area contributed by atoms with Crippen molar-refractivity contribution in [3.05, 3.63) is 8.83 Å². The normalized spacial score (nSPS) is 13.6. The van der Waals surface area contributed by atoms with Crippen LogP contribution in [-0.4, -0.2) is 34.1 Å². The maximum Gasteiger partial charge on any atom is 0.209 e. The average Bonchev–Trinajstić information content (AvgIpc) is 2.47. The van der Waals surface area contributed by atoms with Gasteiger partial charge in [0.2, 0.25) is 5.88 Å². The third-order valence-corrected chi connectivity index (χ3v) is 2.90. The smallest absolute Gasteiger partial charge is 0.209 e.